The first kappa shape index (κ1) is 21.0. The zero-order valence-corrected chi connectivity index (χ0v) is 20.8. The molecule has 0 bridgehead atoms. The SMILES string of the molecule is Cc1ccc2c(c1)Cc1c-2cc(C)c(C)c1-c1ccc2c(C)cc(C(C)(C)C)cc2c1C. The standard InChI is InChI=1S/C32H34/c1-18-9-10-27-23(13-18)16-30-29(27)15-19(2)21(4)31(30)26-12-11-25-20(3)14-24(32(6,7)8)17-28(25)22(26)5/h9-15,17H,16H2,1-8H3. The Morgan fingerprint density at radius 1 is 0.625 bits per heavy atom. The van der Waals surface area contributed by atoms with Gasteiger partial charge in [-0.2, -0.15) is 0 Å². The topological polar surface area (TPSA) is 0 Å². The van der Waals surface area contributed by atoms with Gasteiger partial charge in [-0.1, -0.05) is 74.9 Å². The van der Waals surface area contributed by atoms with E-state index < -0.39 is 0 Å². The van der Waals surface area contributed by atoms with Crippen LogP contribution in [0, 0.1) is 34.6 Å². The lowest BCUT2D eigenvalue weighted by Crippen LogP contribution is -2.11. The van der Waals surface area contributed by atoms with Gasteiger partial charge < -0.3 is 0 Å². The van der Waals surface area contributed by atoms with Crippen molar-refractivity contribution < 1.29 is 0 Å². The Bertz CT molecular complexity index is 1410. The van der Waals surface area contributed by atoms with E-state index in [1.165, 1.54) is 77.5 Å². The van der Waals surface area contributed by atoms with Crippen LogP contribution in [0.4, 0.5) is 0 Å². The highest BCUT2D eigenvalue weighted by Gasteiger charge is 2.25. The average molecular weight is 419 g/mol. The van der Waals surface area contributed by atoms with E-state index in [1.807, 2.05) is 0 Å². The van der Waals surface area contributed by atoms with Gasteiger partial charge in [0, 0.05) is 0 Å². The Morgan fingerprint density at radius 2 is 1.34 bits per heavy atom. The summed E-state index contributed by atoms with van der Waals surface area (Å²) < 4.78 is 0. The van der Waals surface area contributed by atoms with E-state index >= 15 is 0 Å². The summed E-state index contributed by atoms with van der Waals surface area (Å²) >= 11 is 0. The monoisotopic (exact) mass is 418 g/mol. The average Bonchev–Trinajstić information content (AvgIpc) is 3.06. The maximum atomic E-state index is 2.44. The predicted octanol–water partition coefficient (Wildman–Crippen LogP) is 8.92. The molecule has 32 heavy (non-hydrogen) atoms. The zero-order valence-electron chi connectivity index (χ0n) is 20.8. The van der Waals surface area contributed by atoms with E-state index in [4.69, 9.17) is 0 Å². The summed E-state index contributed by atoms with van der Waals surface area (Å²) in [5, 5.41) is 2.77. The van der Waals surface area contributed by atoms with Gasteiger partial charge in [-0.05, 0) is 118 Å². The number of aryl methyl sites for hydroxylation is 4. The molecule has 0 radical (unpaired) electrons. The van der Waals surface area contributed by atoms with Gasteiger partial charge in [0.05, 0.1) is 0 Å². The molecule has 0 nitrogen and oxygen atoms in total. The molecule has 0 heterocycles. The number of hydrogen-bond acceptors (Lipinski definition) is 0. The smallest absolute Gasteiger partial charge is 0.000708 e. The van der Waals surface area contributed by atoms with Crippen LogP contribution in [0.3, 0.4) is 0 Å². The molecule has 0 aromatic heterocycles. The quantitative estimate of drug-likeness (QED) is 0.255. The molecule has 1 aliphatic carbocycles. The van der Waals surface area contributed by atoms with Gasteiger partial charge in [-0.15, -0.1) is 0 Å². The number of hydrogen-bond donors (Lipinski definition) is 0. The molecule has 4 aromatic carbocycles. The predicted molar refractivity (Wildman–Crippen MR) is 140 cm³/mol. The van der Waals surface area contributed by atoms with E-state index in [9.17, 15) is 0 Å². The summed E-state index contributed by atoms with van der Waals surface area (Å²) in [7, 11) is 0. The van der Waals surface area contributed by atoms with Gasteiger partial charge in [-0.25, -0.2) is 0 Å². The number of fused-ring (bicyclic) bond motifs is 4. The van der Waals surface area contributed by atoms with Crippen molar-refractivity contribution in [3.05, 3.63) is 93.0 Å². The number of benzene rings is 4. The van der Waals surface area contributed by atoms with Crippen LogP contribution in [0.25, 0.3) is 33.0 Å². The zero-order chi connectivity index (χ0) is 22.9. The van der Waals surface area contributed by atoms with Crippen molar-refractivity contribution in [2.45, 2.75) is 67.2 Å². The van der Waals surface area contributed by atoms with Crippen LogP contribution in [-0.4, -0.2) is 0 Å². The first-order valence-electron chi connectivity index (χ1n) is 11.8. The summed E-state index contributed by atoms with van der Waals surface area (Å²) in [6.07, 6.45) is 1.03. The molecule has 5 rings (SSSR count). The van der Waals surface area contributed by atoms with Crippen LogP contribution in [-0.2, 0) is 11.8 Å². The van der Waals surface area contributed by atoms with Crippen molar-refractivity contribution in [2.75, 3.05) is 0 Å². The van der Waals surface area contributed by atoms with Gasteiger partial charge in [0.25, 0.3) is 0 Å². The minimum absolute atomic E-state index is 0.140. The van der Waals surface area contributed by atoms with Crippen LogP contribution in [0.15, 0.2) is 48.5 Å². The minimum atomic E-state index is 0.140. The Morgan fingerprint density at radius 3 is 2.06 bits per heavy atom. The van der Waals surface area contributed by atoms with Gasteiger partial charge in [0.1, 0.15) is 0 Å². The molecule has 0 amide bonds. The van der Waals surface area contributed by atoms with E-state index in [0.717, 1.165) is 6.42 Å². The van der Waals surface area contributed by atoms with Crippen molar-refractivity contribution in [3.63, 3.8) is 0 Å². The third-order valence-electron chi connectivity index (χ3n) is 7.62. The first-order chi connectivity index (χ1) is 15.1. The molecule has 0 unspecified atom stereocenters. The molecule has 0 aliphatic heterocycles. The fourth-order valence-corrected chi connectivity index (χ4v) is 5.55. The van der Waals surface area contributed by atoms with Gasteiger partial charge in [0.2, 0.25) is 0 Å². The Kier molecular flexibility index (Phi) is 4.64. The Balaban J connectivity index is 1.81. The molecule has 1 aliphatic rings. The highest BCUT2D eigenvalue weighted by atomic mass is 14.3. The maximum absolute atomic E-state index is 2.44. The summed E-state index contributed by atoms with van der Waals surface area (Å²) in [6.45, 7) is 18.3. The highest BCUT2D eigenvalue weighted by Crippen LogP contribution is 2.46. The molecule has 0 N–H and O–H groups in total. The van der Waals surface area contributed by atoms with E-state index in [1.54, 1.807) is 0 Å². The second kappa shape index (κ2) is 7.07. The number of rotatable bonds is 1. The lowest BCUT2D eigenvalue weighted by Gasteiger charge is -2.23. The Hall–Kier alpha value is -2.86. The normalized spacial score (nSPS) is 12.9. The second-order valence-electron chi connectivity index (χ2n) is 10.9. The first-order valence-corrected chi connectivity index (χ1v) is 11.8. The fraction of sp³-hybridized carbons (Fsp3) is 0.312. The van der Waals surface area contributed by atoms with Crippen LogP contribution >= 0.6 is 0 Å². The maximum Gasteiger partial charge on any atom is -0.000708 e. The van der Waals surface area contributed by atoms with Crippen molar-refractivity contribution >= 4 is 10.8 Å². The molecule has 0 atom stereocenters. The summed E-state index contributed by atoms with van der Waals surface area (Å²) in [6, 6.07) is 18.9. The van der Waals surface area contributed by atoms with E-state index in [-0.39, 0.29) is 5.41 Å². The van der Waals surface area contributed by atoms with Crippen LogP contribution < -0.4 is 0 Å². The van der Waals surface area contributed by atoms with Gasteiger partial charge in [0.15, 0.2) is 0 Å². The summed E-state index contributed by atoms with van der Waals surface area (Å²) in [4.78, 5) is 0. The molecular weight excluding hydrogens is 384 g/mol. The van der Waals surface area contributed by atoms with Crippen LogP contribution in [0.1, 0.15) is 65.3 Å². The lowest BCUT2D eigenvalue weighted by molar-refractivity contribution is 0.590. The van der Waals surface area contributed by atoms with Crippen molar-refractivity contribution in [1.82, 2.24) is 0 Å². The van der Waals surface area contributed by atoms with Crippen LogP contribution in [0.2, 0.25) is 0 Å². The molecule has 0 spiro atoms. The van der Waals surface area contributed by atoms with Crippen LogP contribution in [0.5, 0.6) is 0 Å². The van der Waals surface area contributed by atoms with Gasteiger partial charge >= 0.3 is 0 Å². The molecular formula is C32H34. The van der Waals surface area contributed by atoms with E-state index in [0.29, 0.717) is 0 Å². The molecule has 0 saturated carbocycles. The molecule has 4 aromatic rings. The van der Waals surface area contributed by atoms with Crippen molar-refractivity contribution in [2.24, 2.45) is 0 Å². The summed E-state index contributed by atoms with van der Waals surface area (Å²) in [5.74, 6) is 0. The Labute approximate surface area is 193 Å². The molecule has 0 saturated heterocycles. The largest absolute Gasteiger partial charge is 0.0587 e. The van der Waals surface area contributed by atoms with Crippen molar-refractivity contribution in [3.8, 4) is 22.3 Å². The van der Waals surface area contributed by atoms with Gasteiger partial charge in [-0.3, -0.25) is 0 Å². The lowest BCUT2D eigenvalue weighted by atomic mass is 9.81. The minimum Gasteiger partial charge on any atom is -0.0587 e. The van der Waals surface area contributed by atoms with E-state index in [2.05, 4.69) is 104 Å². The second-order valence-corrected chi connectivity index (χ2v) is 10.9. The third kappa shape index (κ3) is 3.12. The summed E-state index contributed by atoms with van der Waals surface area (Å²) in [5.41, 5.74) is 17.1. The molecule has 0 fully saturated rings. The van der Waals surface area contributed by atoms with Crippen molar-refractivity contribution in [1.29, 1.82) is 0 Å². The third-order valence-corrected chi connectivity index (χ3v) is 7.62. The molecule has 162 valence electrons. The fourth-order valence-electron chi connectivity index (χ4n) is 5.55. The highest BCUT2D eigenvalue weighted by molar-refractivity contribution is 5.97. The molecule has 0 heteroatoms.